The van der Waals surface area contributed by atoms with Crippen LogP contribution in [0.5, 0.6) is 0 Å². The largest absolute Gasteiger partial charge is 0.185 e. The van der Waals surface area contributed by atoms with E-state index in [-0.39, 0.29) is 5.25 Å². The Balaban J connectivity index is 2.86. The predicted octanol–water partition coefficient (Wildman–Crippen LogP) is 3.47. The number of thioether (sulfide) groups is 1. The number of nitriles is 1. The molecule has 1 nitrogen and oxygen atoms in total. The third kappa shape index (κ3) is 3.19. The SMILES string of the molecule is N#CSC(CP)c1cccc(Cl)c1. The van der Waals surface area contributed by atoms with Gasteiger partial charge in [0.05, 0.1) is 0 Å². The molecule has 0 radical (unpaired) electrons. The van der Waals surface area contributed by atoms with Crippen molar-refractivity contribution in [2.24, 2.45) is 0 Å². The van der Waals surface area contributed by atoms with E-state index in [1.807, 2.05) is 24.3 Å². The highest BCUT2D eigenvalue weighted by molar-refractivity contribution is 8.04. The molecule has 0 aliphatic rings. The lowest BCUT2D eigenvalue weighted by molar-refractivity contribution is 1.12. The monoisotopic (exact) mass is 229 g/mol. The summed E-state index contributed by atoms with van der Waals surface area (Å²) in [6.07, 6.45) is 0.860. The minimum atomic E-state index is 0.202. The maximum absolute atomic E-state index is 8.57. The van der Waals surface area contributed by atoms with Gasteiger partial charge in [-0.2, -0.15) is 5.26 Å². The van der Waals surface area contributed by atoms with E-state index in [4.69, 9.17) is 16.9 Å². The molecule has 1 aromatic carbocycles. The summed E-state index contributed by atoms with van der Waals surface area (Å²) in [6, 6.07) is 7.64. The van der Waals surface area contributed by atoms with Crippen LogP contribution in [0.15, 0.2) is 24.3 Å². The first-order valence-corrected chi connectivity index (χ1v) is 5.85. The van der Waals surface area contributed by atoms with Crippen LogP contribution in [0.3, 0.4) is 0 Å². The van der Waals surface area contributed by atoms with Gasteiger partial charge in [0.25, 0.3) is 0 Å². The van der Waals surface area contributed by atoms with Gasteiger partial charge in [-0.3, -0.25) is 0 Å². The zero-order valence-corrected chi connectivity index (χ0v) is 9.63. The fraction of sp³-hybridized carbons (Fsp3) is 0.222. The highest BCUT2D eigenvalue weighted by Crippen LogP contribution is 2.30. The number of halogens is 1. The van der Waals surface area contributed by atoms with Crippen LogP contribution in [0.25, 0.3) is 0 Å². The van der Waals surface area contributed by atoms with Crippen LogP contribution < -0.4 is 0 Å². The van der Waals surface area contributed by atoms with Crippen LogP contribution in [-0.4, -0.2) is 6.16 Å². The van der Waals surface area contributed by atoms with Crippen LogP contribution in [0.2, 0.25) is 5.02 Å². The molecule has 0 spiro atoms. The van der Waals surface area contributed by atoms with E-state index in [2.05, 4.69) is 14.6 Å². The van der Waals surface area contributed by atoms with Crippen LogP contribution in [0.1, 0.15) is 10.8 Å². The molecule has 0 aromatic heterocycles. The maximum atomic E-state index is 8.57. The minimum Gasteiger partial charge on any atom is -0.185 e. The molecule has 0 bridgehead atoms. The second-order valence-electron chi connectivity index (χ2n) is 2.49. The average Bonchev–Trinajstić information content (AvgIpc) is 2.14. The normalized spacial score (nSPS) is 12.1. The van der Waals surface area contributed by atoms with E-state index in [0.717, 1.165) is 16.7 Å². The second-order valence-corrected chi connectivity index (χ2v) is 4.38. The first-order chi connectivity index (χ1) is 6.27. The Morgan fingerprint density at radius 3 is 2.92 bits per heavy atom. The van der Waals surface area contributed by atoms with Crippen molar-refractivity contribution < 1.29 is 0 Å². The van der Waals surface area contributed by atoms with Gasteiger partial charge < -0.3 is 0 Å². The smallest absolute Gasteiger partial charge is 0.133 e. The summed E-state index contributed by atoms with van der Waals surface area (Å²) in [7, 11) is 2.64. The Kier molecular flexibility index (Phi) is 4.59. The van der Waals surface area contributed by atoms with Crippen LogP contribution in [0, 0.1) is 10.7 Å². The molecule has 0 saturated heterocycles. The Morgan fingerprint density at radius 2 is 2.38 bits per heavy atom. The van der Waals surface area contributed by atoms with Crippen LogP contribution >= 0.6 is 32.6 Å². The first kappa shape index (κ1) is 10.9. The fourth-order valence-electron chi connectivity index (χ4n) is 1.02. The Hall–Kier alpha value is -0.220. The van der Waals surface area contributed by atoms with Crippen molar-refractivity contribution >= 4 is 32.6 Å². The standard InChI is InChI=1S/C9H9ClNPS/c10-8-3-1-2-7(4-8)9(5-12)13-6-11/h1-4,9H,5,12H2. The van der Waals surface area contributed by atoms with Crippen LogP contribution in [-0.2, 0) is 0 Å². The third-order valence-corrected chi connectivity index (χ3v) is 3.53. The van der Waals surface area contributed by atoms with Crippen molar-refractivity contribution in [2.45, 2.75) is 5.25 Å². The summed E-state index contributed by atoms with van der Waals surface area (Å²) in [6.45, 7) is 0. The van der Waals surface area contributed by atoms with Crippen LogP contribution in [0.4, 0.5) is 0 Å². The van der Waals surface area contributed by atoms with Crippen molar-refractivity contribution in [3.05, 3.63) is 34.9 Å². The number of benzene rings is 1. The van der Waals surface area contributed by atoms with Crippen molar-refractivity contribution in [1.82, 2.24) is 0 Å². The molecular weight excluding hydrogens is 221 g/mol. The lowest BCUT2D eigenvalue weighted by atomic mass is 10.2. The molecule has 13 heavy (non-hydrogen) atoms. The molecule has 0 N–H and O–H groups in total. The number of hydrogen-bond acceptors (Lipinski definition) is 2. The Morgan fingerprint density at radius 1 is 1.62 bits per heavy atom. The molecule has 1 aromatic rings. The van der Waals surface area contributed by atoms with E-state index in [0.29, 0.717) is 0 Å². The molecule has 68 valence electrons. The molecule has 0 saturated carbocycles. The first-order valence-electron chi connectivity index (χ1n) is 3.78. The van der Waals surface area contributed by atoms with E-state index in [9.17, 15) is 0 Å². The van der Waals surface area contributed by atoms with E-state index < -0.39 is 0 Å². The molecule has 2 unspecified atom stereocenters. The van der Waals surface area contributed by atoms with Crippen molar-refractivity contribution in [2.75, 3.05) is 6.16 Å². The van der Waals surface area contributed by atoms with Gasteiger partial charge in [-0.15, -0.1) is 9.24 Å². The lowest BCUT2D eigenvalue weighted by Gasteiger charge is -2.09. The second kappa shape index (κ2) is 5.50. The predicted molar refractivity (Wildman–Crippen MR) is 62.0 cm³/mol. The van der Waals surface area contributed by atoms with E-state index >= 15 is 0 Å². The Bertz CT molecular complexity index is 324. The molecule has 0 aliphatic carbocycles. The number of thiocyanates is 1. The highest BCUT2D eigenvalue weighted by Gasteiger charge is 2.09. The van der Waals surface area contributed by atoms with Crippen molar-refractivity contribution in [1.29, 1.82) is 5.26 Å². The maximum Gasteiger partial charge on any atom is 0.133 e. The van der Waals surface area contributed by atoms with Gasteiger partial charge >= 0.3 is 0 Å². The van der Waals surface area contributed by atoms with Gasteiger partial charge in [-0.1, -0.05) is 23.7 Å². The molecule has 4 heteroatoms. The molecule has 0 heterocycles. The number of rotatable bonds is 3. The van der Waals surface area contributed by atoms with Crippen molar-refractivity contribution in [3.63, 3.8) is 0 Å². The molecule has 0 amide bonds. The summed E-state index contributed by atoms with van der Waals surface area (Å²) in [5, 5.41) is 11.6. The highest BCUT2D eigenvalue weighted by atomic mass is 35.5. The van der Waals surface area contributed by atoms with Gasteiger partial charge in [0, 0.05) is 10.3 Å². The van der Waals surface area contributed by atoms with Gasteiger partial charge in [0.15, 0.2) is 0 Å². The third-order valence-electron chi connectivity index (χ3n) is 1.63. The summed E-state index contributed by atoms with van der Waals surface area (Å²) in [5.41, 5.74) is 1.11. The molecule has 0 aliphatic heterocycles. The molecule has 0 fully saturated rings. The lowest BCUT2D eigenvalue weighted by Crippen LogP contribution is -1.93. The summed E-state index contributed by atoms with van der Waals surface area (Å²) in [4.78, 5) is 0. The van der Waals surface area contributed by atoms with Gasteiger partial charge in [-0.25, -0.2) is 0 Å². The van der Waals surface area contributed by atoms with Gasteiger partial charge in [-0.05, 0) is 35.6 Å². The summed E-state index contributed by atoms with van der Waals surface area (Å²) >= 11 is 7.11. The van der Waals surface area contributed by atoms with Crippen molar-refractivity contribution in [3.8, 4) is 5.40 Å². The topological polar surface area (TPSA) is 23.8 Å². The number of nitrogens with zero attached hydrogens (tertiary/aromatic N) is 1. The van der Waals surface area contributed by atoms with E-state index in [1.54, 1.807) is 0 Å². The zero-order chi connectivity index (χ0) is 9.68. The molecule has 1 rings (SSSR count). The summed E-state index contributed by atoms with van der Waals surface area (Å²) < 4.78 is 0. The fourth-order valence-corrected chi connectivity index (χ4v) is 2.29. The molecular formula is C9H9ClNPS. The zero-order valence-electron chi connectivity index (χ0n) is 6.90. The quantitative estimate of drug-likeness (QED) is 0.585. The summed E-state index contributed by atoms with van der Waals surface area (Å²) in [5.74, 6) is 0. The average molecular weight is 230 g/mol. The molecule has 2 atom stereocenters. The van der Waals surface area contributed by atoms with Gasteiger partial charge in [0.2, 0.25) is 0 Å². The Labute approximate surface area is 89.7 Å². The van der Waals surface area contributed by atoms with E-state index in [1.165, 1.54) is 11.8 Å². The van der Waals surface area contributed by atoms with Gasteiger partial charge in [0.1, 0.15) is 5.40 Å². The number of hydrogen-bond donors (Lipinski definition) is 0. The minimum absolute atomic E-state index is 0.202.